The fourth-order valence-electron chi connectivity index (χ4n) is 5.74. The topological polar surface area (TPSA) is 68.8 Å². The molecule has 1 aromatic heterocycles. The number of aryl methyl sites for hydroxylation is 1. The molecule has 1 aliphatic carbocycles. The maximum Gasteiger partial charge on any atom is 0.227 e. The van der Waals surface area contributed by atoms with Crippen LogP contribution in [0.1, 0.15) is 24.1 Å². The summed E-state index contributed by atoms with van der Waals surface area (Å²) in [6, 6.07) is 8.42. The first-order chi connectivity index (χ1) is 14.1. The van der Waals surface area contributed by atoms with E-state index in [0.717, 1.165) is 74.4 Å². The van der Waals surface area contributed by atoms with E-state index in [2.05, 4.69) is 28.9 Å². The fraction of sp³-hybridized carbons (Fsp3) is 0.609. The average molecular weight is 398 g/mol. The number of morpholine rings is 1. The van der Waals surface area contributed by atoms with Crippen molar-refractivity contribution < 1.29 is 14.6 Å². The van der Waals surface area contributed by atoms with E-state index in [0.29, 0.717) is 18.3 Å². The van der Waals surface area contributed by atoms with Gasteiger partial charge in [0.05, 0.1) is 25.7 Å². The molecule has 3 heterocycles. The summed E-state index contributed by atoms with van der Waals surface area (Å²) >= 11 is 0. The molecule has 0 bridgehead atoms. The summed E-state index contributed by atoms with van der Waals surface area (Å²) in [7, 11) is 0. The van der Waals surface area contributed by atoms with Crippen LogP contribution in [-0.4, -0.2) is 77.3 Å². The molecule has 5 rings (SSSR count). The predicted octanol–water partition coefficient (Wildman–Crippen LogP) is 1.95. The van der Waals surface area contributed by atoms with Gasteiger partial charge in [-0.05, 0) is 43.2 Å². The average Bonchev–Trinajstić information content (AvgIpc) is 3.28. The molecule has 2 saturated heterocycles. The lowest BCUT2D eigenvalue weighted by Crippen LogP contribution is -2.53. The number of H-pyrrole nitrogens is 1. The summed E-state index contributed by atoms with van der Waals surface area (Å²) in [6.45, 7) is 6.99. The smallest absolute Gasteiger partial charge is 0.227 e. The van der Waals surface area contributed by atoms with E-state index in [-0.39, 0.29) is 18.1 Å². The SMILES string of the molecule is Cc1[nH]c2ccccc2c1CC(=O)N1C[C@H]2C[C@@H](N3CCOCC3)[C@H](O)C[C@H]2C1. The summed E-state index contributed by atoms with van der Waals surface area (Å²) in [5.41, 5.74) is 3.30. The third-order valence-electron chi connectivity index (χ3n) is 7.33. The number of aliphatic hydroxyl groups excluding tert-OH is 1. The second kappa shape index (κ2) is 7.74. The molecule has 2 N–H and O–H groups in total. The number of nitrogens with zero attached hydrogens (tertiary/aromatic N) is 2. The van der Waals surface area contributed by atoms with Crippen molar-refractivity contribution in [3.63, 3.8) is 0 Å². The number of hydrogen-bond acceptors (Lipinski definition) is 4. The molecule has 1 aromatic carbocycles. The zero-order valence-corrected chi connectivity index (χ0v) is 17.1. The summed E-state index contributed by atoms with van der Waals surface area (Å²) < 4.78 is 5.47. The number of carbonyl (C=O) groups is 1. The van der Waals surface area contributed by atoms with Gasteiger partial charge in [-0.25, -0.2) is 0 Å². The van der Waals surface area contributed by atoms with E-state index in [1.54, 1.807) is 0 Å². The first-order valence-electron chi connectivity index (χ1n) is 10.9. The molecule has 4 atom stereocenters. The Labute approximate surface area is 171 Å². The third-order valence-corrected chi connectivity index (χ3v) is 7.33. The molecular weight excluding hydrogens is 366 g/mol. The van der Waals surface area contributed by atoms with Crippen molar-refractivity contribution in [2.45, 2.75) is 38.3 Å². The normalized spacial score (nSPS) is 30.6. The number of aliphatic hydroxyl groups is 1. The number of likely N-dealkylation sites (tertiary alicyclic amines) is 1. The summed E-state index contributed by atoms with van der Waals surface area (Å²) in [6.07, 6.45) is 1.95. The lowest BCUT2D eigenvalue weighted by molar-refractivity contribution is -0.129. The van der Waals surface area contributed by atoms with Crippen LogP contribution in [0, 0.1) is 18.8 Å². The van der Waals surface area contributed by atoms with Crippen LogP contribution in [0.3, 0.4) is 0 Å². The summed E-state index contributed by atoms with van der Waals surface area (Å²) in [5.74, 6) is 1.14. The van der Waals surface area contributed by atoms with Crippen molar-refractivity contribution in [2.24, 2.45) is 11.8 Å². The molecule has 2 aromatic rings. The molecule has 2 aliphatic heterocycles. The Bertz CT molecular complexity index is 889. The van der Waals surface area contributed by atoms with Gasteiger partial charge >= 0.3 is 0 Å². The number of carbonyl (C=O) groups excluding carboxylic acids is 1. The molecule has 0 unspecified atom stereocenters. The number of hydrogen-bond donors (Lipinski definition) is 2. The van der Waals surface area contributed by atoms with Crippen molar-refractivity contribution in [1.82, 2.24) is 14.8 Å². The minimum atomic E-state index is -0.291. The number of amides is 1. The Kier molecular flexibility index (Phi) is 5.10. The van der Waals surface area contributed by atoms with Crippen LogP contribution in [0.25, 0.3) is 10.9 Å². The molecular formula is C23H31N3O3. The van der Waals surface area contributed by atoms with Gasteiger partial charge in [-0.3, -0.25) is 9.69 Å². The molecule has 0 radical (unpaired) electrons. The van der Waals surface area contributed by atoms with Gasteiger partial charge in [0.25, 0.3) is 0 Å². The van der Waals surface area contributed by atoms with E-state index >= 15 is 0 Å². The number of nitrogens with one attached hydrogen (secondary N) is 1. The van der Waals surface area contributed by atoms with Gasteiger partial charge in [-0.15, -0.1) is 0 Å². The third kappa shape index (κ3) is 3.58. The Morgan fingerprint density at radius 1 is 1.17 bits per heavy atom. The molecule has 3 aliphatic rings. The van der Waals surface area contributed by atoms with Crippen LogP contribution < -0.4 is 0 Å². The highest BCUT2D eigenvalue weighted by Gasteiger charge is 2.44. The van der Waals surface area contributed by atoms with Gasteiger partial charge in [0.15, 0.2) is 0 Å². The highest BCUT2D eigenvalue weighted by molar-refractivity contribution is 5.90. The minimum absolute atomic E-state index is 0.213. The lowest BCUT2D eigenvalue weighted by Gasteiger charge is -2.43. The zero-order valence-electron chi connectivity index (χ0n) is 17.1. The molecule has 3 fully saturated rings. The first-order valence-corrected chi connectivity index (χ1v) is 10.9. The second-order valence-corrected chi connectivity index (χ2v) is 9.02. The van der Waals surface area contributed by atoms with Crippen molar-refractivity contribution in [3.8, 4) is 0 Å². The molecule has 29 heavy (non-hydrogen) atoms. The number of aromatic amines is 1. The van der Waals surface area contributed by atoms with Gasteiger partial charge in [0, 0.05) is 48.8 Å². The molecule has 6 heteroatoms. The minimum Gasteiger partial charge on any atom is -0.391 e. The van der Waals surface area contributed by atoms with Gasteiger partial charge < -0.3 is 19.7 Å². The Hall–Kier alpha value is -1.89. The number of para-hydroxylation sites is 1. The standard InChI is InChI=1S/C23H31N3O3/c1-15-19(18-4-2-3-5-20(18)24-15)12-23(28)26-13-16-10-21(22(27)11-17(16)14-26)25-6-8-29-9-7-25/h2-5,16-17,21-22,24,27H,6-14H2,1H3/t16-,17+,21-,22-/m1/s1. The van der Waals surface area contributed by atoms with Crippen molar-refractivity contribution in [3.05, 3.63) is 35.5 Å². The van der Waals surface area contributed by atoms with E-state index in [1.165, 1.54) is 0 Å². The van der Waals surface area contributed by atoms with Crippen LogP contribution in [0.15, 0.2) is 24.3 Å². The summed E-state index contributed by atoms with van der Waals surface area (Å²) in [4.78, 5) is 21.0. The Balaban J connectivity index is 1.26. The highest BCUT2D eigenvalue weighted by Crippen LogP contribution is 2.39. The van der Waals surface area contributed by atoms with Crippen LogP contribution in [-0.2, 0) is 16.0 Å². The molecule has 6 nitrogen and oxygen atoms in total. The fourth-order valence-corrected chi connectivity index (χ4v) is 5.74. The number of aromatic nitrogens is 1. The maximum absolute atomic E-state index is 13.1. The van der Waals surface area contributed by atoms with E-state index in [1.807, 2.05) is 17.0 Å². The van der Waals surface area contributed by atoms with Gasteiger partial charge in [-0.1, -0.05) is 18.2 Å². The lowest BCUT2D eigenvalue weighted by atomic mass is 9.77. The van der Waals surface area contributed by atoms with Crippen LogP contribution >= 0.6 is 0 Å². The van der Waals surface area contributed by atoms with Crippen LogP contribution in [0.4, 0.5) is 0 Å². The predicted molar refractivity (Wildman–Crippen MR) is 112 cm³/mol. The number of ether oxygens (including phenoxy) is 1. The number of benzene rings is 1. The quantitative estimate of drug-likeness (QED) is 0.831. The van der Waals surface area contributed by atoms with E-state index in [9.17, 15) is 9.90 Å². The van der Waals surface area contributed by atoms with Crippen molar-refractivity contribution in [1.29, 1.82) is 0 Å². The van der Waals surface area contributed by atoms with Crippen LogP contribution in [0.2, 0.25) is 0 Å². The largest absolute Gasteiger partial charge is 0.391 e. The van der Waals surface area contributed by atoms with Gasteiger partial charge in [-0.2, -0.15) is 0 Å². The van der Waals surface area contributed by atoms with Gasteiger partial charge in [0.2, 0.25) is 5.91 Å². The molecule has 156 valence electrons. The first kappa shape index (κ1) is 19.1. The van der Waals surface area contributed by atoms with Crippen molar-refractivity contribution >= 4 is 16.8 Å². The number of rotatable bonds is 3. The molecule has 1 saturated carbocycles. The van der Waals surface area contributed by atoms with Crippen LogP contribution in [0.5, 0.6) is 0 Å². The highest BCUT2D eigenvalue weighted by atomic mass is 16.5. The zero-order chi connectivity index (χ0) is 20.0. The molecule has 1 amide bonds. The summed E-state index contributed by atoms with van der Waals surface area (Å²) in [5, 5.41) is 11.9. The second-order valence-electron chi connectivity index (χ2n) is 9.02. The maximum atomic E-state index is 13.1. The van der Waals surface area contributed by atoms with E-state index < -0.39 is 0 Å². The van der Waals surface area contributed by atoms with Gasteiger partial charge in [0.1, 0.15) is 0 Å². The van der Waals surface area contributed by atoms with E-state index in [4.69, 9.17) is 4.74 Å². The Morgan fingerprint density at radius 3 is 2.69 bits per heavy atom. The monoisotopic (exact) mass is 397 g/mol. The Morgan fingerprint density at radius 2 is 1.90 bits per heavy atom. The molecule has 0 spiro atoms. The van der Waals surface area contributed by atoms with Crippen molar-refractivity contribution in [2.75, 3.05) is 39.4 Å². The number of fused-ring (bicyclic) bond motifs is 2.